The van der Waals surface area contributed by atoms with E-state index in [0.29, 0.717) is 17.6 Å². The Morgan fingerprint density at radius 1 is 1.17 bits per heavy atom. The van der Waals surface area contributed by atoms with Crippen LogP contribution < -0.4 is 0 Å². The molecule has 0 heterocycles. The van der Waals surface area contributed by atoms with E-state index in [1.54, 1.807) is 0 Å². The highest BCUT2D eigenvalue weighted by molar-refractivity contribution is 8.04. The number of rotatable bonds is 5. The van der Waals surface area contributed by atoms with Gasteiger partial charge in [-0.15, -0.1) is 0 Å². The Balaban J connectivity index is 0.000000515. The Kier molecular flexibility index (Phi) is 14.5. The molecule has 132 valence electrons. The highest BCUT2D eigenvalue weighted by Crippen LogP contribution is 2.26. The SMILES string of the molecule is CC(C#CC1CCCC(C)CC1)CCF.CCCC(C)SC#N. The number of nitrogens with zero attached hydrogens (tertiary/aromatic N) is 1. The Morgan fingerprint density at radius 3 is 2.52 bits per heavy atom. The fraction of sp³-hybridized carbons (Fsp3) is 0.850. The van der Waals surface area contributed by atoms with Crippen LogP contribution in [0.15, 0.2) is 0 Å². The standard InChI is InChI=1S/C14H23F.C6H11NS/c1-12-4-3-5-14(8-6-12)9-7-13(2)10-11-15;1-3-4-6(2)8-5-7/h12-14H,3-6,8,10-11H2,1-2H3;6H,3-4H2,1-2H3. The Hall–Kier alpha value is -0.670. The first kappa shape index (κ1) is 22.3. The number of halogens is 1. The van der Waals surface area contributed by atoms with Crippen molar-refractivity contribution < 1.29 is 4.39 Å². The summed E-state index contributed by atoms with van der Waals surface area (Å²) >= 11 is 1.36. The highest BCUT2D eigenvalue weighted by Gasteiger charge is 2.14. The number of hydrogen-bond donors (Lipinski definition) is 0. The lowest BCUT2D eigenvalue weighted by atomic mass is 9.98. The highest BCUT2D eigenvalue weighted by atomic mass is 32.2. The summed E-state index contributed by atoms with van der Waals surface area (Å²) in [6, 6.07) is 0. The van der Waals surface area contributed by atoms with Gasteiger partial charge < -0.3 is 0 Å². The molecule has 1 nitrogen and oxygen atoms in total. The largest absolute Gasteiger partial charge is 0.251 e. The molecule has 1 saturated carbocycles. The summed E-state index contributed by atoms with van der Waals surface area (Å²) < 4.78 is 12.1. The fourth-order valence-corrected chi connectivity index (χ4v) is 3.22. The summed E-state index contributed by atoms with van der Waals surface area (Å²) in [5.74, 6) is 8.24. The molecule has 0 aromatic carbocycles. The number of thioether (sulfide) groups is 1. The van der Waals surface area contributed by atoms with Crippen molar-refractivity contribution in [1.29, 1.82) is 5.26 Å². The van der Waals surface area contributed by atoms with Crippen LogP contribution in [0.1, 0.15) is 79.1 Å². The zero-order valence-corrected chi connectivity index (χ0v) is 16.2. The molecule has 0 bridgehead atoms. The van der Waals surface area contributed by atoms with Gasteiger partial charge in [-0.25, -0.2) is 0 Å². The zero-order valence-electron chi connectivity index (χ0n) is 15.4. The quantitative estimate of drug-likeness (QED) is 0.320. The summed E-state index contributed by atoms with van der Waals surface area (Å²) in [7, 11) is 0. The predicted molar refractivity (Wildman–Crippen MR) is 101 cm³/mol. The van der Waals surface area contributed by atoms with Gasteiger partial charge in [0.1, 0.15) is 5.40 Å². The van der Waals surface area contributed by atoms with Crippen molar-refractivity contribution in [2.24, 2.45) is 17.8 Å². The van der Waals surface area contributed by atoms with Crippen molar-refractivity contribution in [3.8, 4) is 17.2 Å². The van der Waals surface area contributed by atoms with E-state index in [0.717, 1.165) is 12.3 Å². The molecule has 0 aliphatic heterocycles. The number of alkyl halides is 1. The molecule has 4 unspecified atom stereocenters. The van der Waals surface area contributed by atoms with Crippen LogP contribution in [0.4, 0.5) is 4.39 Å². The minimum Gasteiger partial charge on any atom is -0.251 e. The van der Waals surface area contributed by atoms with Crippen LogP contribution in [0.2, 0.25) is 0 Å². The second-order valence-corrected chi connectivity index (χ2v) is 8.01. The maximum atomic E-state index is 12.1. The lowest BCUT2D eigenvalue weighted by molar-refractivity contribution is 0.442. The summed E-state index contributed by atoms with van der Waals surface area (Å²) in [6.45, 7) is 8.33. The van der Waals surface area contributed by atoms with Gasteiger partial charge in [-0.05, 0) is 49.8 Å². The van der Waals surface area contributed by atoms with Crippen LogP contribution in [-0.4, -0.2) is 11.9 Å². The Morgan fingerprint density at radius 2 is 1.91 bits per heavy atom. The smallest absolute Gasteiger partial charge is 0.133 e. The first-order valence-electron chi connectivity index (χ1n) is 9.15. The molecule has 0 radical (unpaired) electrons. The van der Waals surface area contributed by atoms with Gasteiger partial charge in [-0.3, -0.25) is 4.39 Å². The second-order valence-electron chi connectivity index (χ2n) is 6.79. The van der Waals surface area contributed by atoms with Gasteiger partial charge in [0, 0.05) is 17.1 Å². The first-order valence-corrected chi connectivity index (χ1v) is 10.0. The van der Waals surface area contributed by atoms with Gasteiger partial charge >= 0.3 is 0 Å². The van der Waals surface area contributed by atoms with Gasteiger partial charge in [-0.1, -0.05) is 58.8 Å². The molecule has 0 aromatic heterocycles. The lowest BCUT2D eigenvalue weighted by Gasteiger charge is -2.06. The molecule has 0 aromatic rings. The molecule has 1 fully saturated rings. The molecule has 23 heavy (non-hydrogen) atoms. The van der Waals surface area contributed by atoms with Gasteiger partial charge in [0.25, 0.3) is 0 Å². The van der Waals surface area contributed by atoms with E-state index in [1.807, 2.05) is 6.92 Å². The minimum absolute atomic E-state index is 0.232. The lowest BCUT2D eigenvalue weighted by Crippen LogP contribution is -1.97. The fourth-order valence-electron chi connectivity index (χ4n) is 2.68. The van der Waals surface area contributed by atoms with Crippen LogP contribution in [0.25, 0.3) is 0 Å². The molecule has 0 saturated heterocycles. The van der Waals surface area contributed by atoms with Crippen molar-refractivity contribution in [2.45, 2.75) is 84.3 Å². The Bertz CT molecular complexity index is 379. The maximum absolute atomic E-state index is 12.1. The molecule has 4 atom stereocenters. The van der Waals surface area contributed by atoms with E-state index < -0.39 is 0 Å². The molecular formula is C20H34FNS. The second kappa shape index (κ2) is 14.9. The molecule has 0 amide bonds. The summed E-state index contributed by atoms with van der Waals surface area (Å²) in [4.78, 5) is 0. The molecule has 0 spiro atoms. The van der Waals surface area contributed by atoms with Gasteiger partial charge in [0.15, 0.2) is 0 Å². The monoisotopic (exact) mass is 339 g/mol. The number of nitriles is 1. The van der Waals surface area contributed by atoms with E-state index in [1.165, 1.54) is 50.3 Å². The molecule has 1 aliphatic carbocycles. The van der Waals surface area contributed by atoms with E-state index in [2.05, 4.69) is 38.0 Å². The third-order valence-corrected chi connectivity index (χ3v) is 5.03. The van der Waals surface area contributed by atoms with Crippen molar-refractivity contribution in [1.82, 2.24) is 0 Å². The summed E-state index contributed by atoms with van der Waals surface area (Å²) in [5, 5.41) is 10.8. The van der Waals surface area contributed by atoms with Crippen molar-refractivity contribution in [3.05, 3.63) is 0 Å². The predicted octanol–water partition coefficient (Wildman–Crippen LogP) is 6.59. The molecule has 3 heteroatoms. The topological polar surface area (TPSA) is 23.8 Å². The maximum Gasteiger partial charge on any atom is 0.133 e. The third-order valence-electron chi connectivity index (χ3n) is 4.28. The number of thiocyanates is 1. The van der Waals surface area contributed by atoms with Gasteiger partial charge in [0.2, 0.25) is 0 Å². The van der Waals surface area contributed by atoms with E-state index in [-0.39, 0.29) is 12.6 Å². The summed E-state index contributed by atoms with van der Waals surface area (Å²) in [5.41, 5.74) is 0. The summed E-state index contributed by atoms with van der Waals surface area (Å²) in [6.07, 6.45) is 9.41. The first-order chi connectivity index (χ1) is 11.0. The van der Waals surface area contributed by atoms with Gasteiger partial charge in [0.05, 0.1) is 6.67 Å². The number of hydrogen-bond acceptors (Lipinski definition) is 2. The van der Waals surface area contributed by atoms with E-state index in [9.17, 15) is 4.39 Å². The molecule has 1 rings (SSSR count). The van der Waals surface area contributed by atoms with Crippen LogP contribution in [0.3, 0.4) is 0 Å². The molecule has 1 aliphatic rings. The van der Waals surface area contributed by atoms with Crippen LogP contribution >= 0.6 is 11.8 Å². The zero-order chi connectivity index (χ0) is 17.5. The molecule has 0 N–H and O–H groups in total. The van der Waals surface area contributed by atoms with E-state index >= 15 is 0 Å². The van der Waals surface area contributed by atoms with Crippen LogP contribution in [0, 0.1) is 40.3 Å². The normalized spacial score (nSPS) is 23.1. The van der Waals surface area contributed by atoms with Gasteiger partial charge in [-0.2, -0.15) is 5.26 Å². The van der Waals surface area contributed by atoms with Crippen LogP contribution in [0.5, 0.6) is 0 Å². The van der Waals surface area contributed by atoms with E-state index in [4.69, 9.17) is 5.26 Å². The van der Waals surface area contributed by atoms with Crippen LogP contribution in [-0.2, 0) is 0 Å². The average molecular weight is 340 g/mol. The average Bonchev–Trinajstić information content (AvgIpc) is 2.71. The van der Waals surface area contributed by atoms with Crippen molar-refractivity contribution in [2.75, 3.05) is 6.67 Å². The Labute approximate surface area is 147 Å². The van der Waals surface area contributed by atoms with Crippen molar-refractivity contribution >= 4 is 11.8 Å². The molecular weight excluding hydrogens is 305 g/mol. The third kappa shape index (κ3) is 13.5. The van der Waals surface area contributed by atoms with Crippen molar-refractivity contribution in [3.63, 3.8) is 0 Å². The minimum atomic E-state index is -0.239.